The van der Waals surface area contributed by atoms with Crippen LogP contribution < -0.4 is 5.32 Å². The van der Waals surface area contributed by atoms with Crippen molar-refractivity contribution in [1.82, 2.24) is 10.3 Å². The second-order valence-electron chi connectivity index (χ2n) is 3.99. The predicted octanol–water partition coefficient (Wildman–Crippen LogP) is 2.68. The minimum atomic E-state index is -0.0151. The minimum absolute atomic E-state index is 0.0151. The maximum Gasteiger partial charge on any atom is 0.236 e. The van der Waals surface area contributed by atoms with Crippen molar-refractivity contribution in [2.75, 3.05) is 0 Å². The van der Waals surface area contributed by atoms with E-state index in [1.165, 1.54) is 0 Å². The summed E-state index contributed by atoms with van der Waals surface area (Å²) in [5.74, 6) is 0.609. The fraction of sp³-hybridized carbons (Fsp3) is 0.333. The molecule has 5 heteroatoms. The topological polar surface area (TPSA) is 55.1 Å². The smallest absolute Gasteiger partial charge is 0.236 e. The molecular weight excluding hydrogens is 236 g/mol. The maximum absolute atomic E-state index is 11.4. The van der Waals surface area contributed by atoms with Gasteiger partial charge >= 0.3 is 0 Å². The van der Waals surface area contributed by atoms with E-state index in [0.717, 1.165) is 10.6 Å². The van der Waals surface area contributed by atoms with Crippen LogP contribution in [-0.2, 0) is 11.3 Å². The molecule has 2 aromatic rings. The van der Waals surface area contributed by atoms with Gasteiger partial charge in [-0.25, -0.2) is 4.98 Å². The molecule has 0 saturated heterocycles. The lowest BCUT2D eigenvalue weighted by molar-refractivity contribution is -0.124. The number of hydrogen-bond donors (Lipinski definition) is 1. The van der Waals surface area contributed by atoms with E-state index < -0.39 is 0 Å². The van der Waals surface area contributed by atoms with E-state index in [-0.39, 0.29) is 11.8 Å². The van der Waals surface area contributed by atoms with Crippen LogP contribution in [0.25, 0.3) is 10.8 Å². The lowest BCUT2D eigenvalue weighted by Crippen LogP contribution is -2.27. The van der Waals surface area contributed by atoms with Crippen molar-refractivity contribution in [3.8, 4) is 10.8 Å². The van der Waals surface area contributed by atoms with Gasteiger partial charge in [0.15, 0.2) is 0 Å². The number of nitrogens with zero attached hydrogens (tertiary/aromatic N) is 1. The zero-order valence-corrected chi connectivity index (χ0v) is 10.6. The number of aromatic nitrogens is 1. The normalized spacial score (nSPS) is 10.8. The van der Waals surface area contributed by atoms with Gasteiger partial charge in [-0.1, -0.05) is 19.9 Å². The molecule has 0 atom stereocenters. The van der Waals surface area contributed by atoms with Gasteiger partial charge in [-0.2, -0.15) is 0 Å². The van der Waals surface area contributed by atoms with E-state index in [1.807, 2.05) is 31.4 Å². The van der Waals surface area contributed by atoms with Gasteiger partial charge in [0.25, 0.3) is 0 Å². The van der Waals surface area contributed by atoms with Crippen LogP contribution in [0.15, 0.2) is 28.2 Å². The molecule has 2 aromatic heterocycles. The van der Waals surface area contributed by atoms with E-state index >= 15 is 0 Å². The molecule has 1 amide bonds. The summed E-state index contributed by atoms with van der Waals surface area (Å²) in [6, 6.07) is 3.90. The number of hydrogen-bond acceptors (Lipinski definition) is 4. The fourth-order valence-electron chi connectivity index (χ4n) is 1.28. The molecule has 2 heterocycles. The Bertz CT molecular complexity index is 488. The van der Waals surface area contributed by atoms with Crippen molar-refractivity contribution in [2.45, 2.75) is 20.4 Å². The molecule has 0 bridgehead atoms. The van der Waals surface area contributed by atoms with Crippen LogP contribution in [0, 0.1) is 5.92 Å². The molecule has 1 N–H and O–H groups in total. The van der Waals surface area contributed by atoms with Crippen molar-refractivity contribution in [2.24, 2.45) is 5.92 Å². The van der Waals surface area contributed by atoms with Crippen LogP contribution in [0.4, 0.5) is 0 Å². The molecule has 0 radical (unpaired) electrons. The summed E-state index contributed by atoms with van der Waals surface area (Å²) in [5.41, 5.74) is 0.738. The van der Waals surface area contributed by atoms with E-state index in [4.69, 9.17) is 4.42 Å². The first kappa shape index (κ1) is 11.9. The Morgan fingerprint density at radius 3 is 3.06 bits per heavy atom. The highest BCUT2D eigenvalue weighted by Crippen LogP contribution is 2.23. The number of carbonyl (C=O) groups is 1. The number of oxazole rings is 1. The van der Waals surface area contributed by atoms with Crippen molar-refractivity contribution >= 4 is 17.2 Å². The third-order valence-electron chi connectivity index (χ3n) is 2.25. The molecule has 0 aliphatic rings. The van der Waals surface area contributed by atoms with E-state index in [2.05, 4.69) is 10.3 Å². The van der Waals surface area contributed by atoms with Crippen LogP contribution in [0.3, 0.4) is 0 Å². The molecule has 90 valence electrons. The third kappa shape index (κ3) is 2.94. The standard InChI is InChI=1S/C12H14N2O2S/c1-8(2)11(15)13-6-9-7-16-12(14-9)10-4-3-5-17-10/h3-5,7-8H,6H2,1-2H3,(H,13,15). The van der Waals surface area contributed by atoms with Crippen molar-refractivity contribution < 1.29 is 9.21 Å². The second-order valence-corrected chi connectivity index (χ2v) is 4.94. The minimum Gasteiger partial charge on any atom is -0.443 e. The van der Waals surface area contributed by atoms with Crippen LogP contribution in [0.5, 0.6) is 0 Å². The van der Waals surface area contributed by atoms with Gasteiger partial charge in [-0.15, -0.1) is 11.3 Å². The molecule has 0 spiro atoms. The molecule has 0 saturated carbocycles. The predicted molar refractivity (Wildman–Crippen MR) is 66.5 cm³/mol. The fourth-order valence-corrected chi connectivity index (χ4v) is 1.94. The molecule has 0 aromatic carbocycles. The number of thiophene rings is 1. The molecule has 0 aliphatic carbocycles. The number of rotatable bonds is 4. The summed E-state index contributed by atoms with van der Waals surface area (Å²) in [6.07, 6.45) is 1.58. The summed E-state index contributed by atoms with van der Waals surface area (Å²) >= 11 is 1.58. The van der Waals surface area contributed by atoms with Crippen molar-refractivity contribution in [1.29, 1.82) is 0 Å². The van der Waals surface area contributed by atoms with Gasteiger partial charge in [0.1, 0.15) is 6.26 Å². The summed E-state index contributed by atoms with van der Waals surface area (Å²) in [5, 5.41) is 4.77. The van der Waals surface area contributed by atoms with E-state index in [0.29, 0.717) is 12.4 Å². The highest BCUT2D eigenvalue weighted by molar-refractivity contribution is 7.13. The Kier molecular flexibility index (Phi) is 3.58. The average Bonchev–Trinajstić information content (AvgIpc) is 2.95. The van der Waals surface area contributed by atoms with E-state index in [9.17, 15) is 4.79 Å². The van der Waals surface area contributed by atoms with Gasteiger partial charge in [-0.05, 0) is 11.4 Å². The van der Waals surface area contributed by atoms with Crippen LogP contribution in [0.2, 0.25) is 0 Å². The Balaban J connectivity index is 1.97. The monoisotopic (exact) mass is 250 g/mol. The molecule has 2 rings (SSSR count). The lowest BCUT2D eigenvalue weighted by atomic mass is 10.2. The second kappa shape index (κ2) is 5.14. The zero-order valence-electron chi connectivity index (χ0n) is 9.77. The molecule has 17 heavy (non-hydrogen) atoms. The summed E-state index contributed by atoms with van der Waals surface area (Å²) in [7, 11) is 0. The highest BCUT2D eigenvalue weighted by atomic mass is 32.1. The number of carbonyl (C=O) groups excluding carboxylic acids is 1. The summed E-state index contributed by atoms with van der Waals surface area (Å²) in [6.45, 7) is 4.12. The Hall–Kier alpha value is -1.62. The maximum atomic E-state index is 11.4. The van der Waals surface area contributed by atoms with E-state index in [1.54, 1.807) is 17.6 Å². The van der Waals surface area contributed by atoms with Crippen molar-refractivity contribution in [3.63, 3.8) is 0 Å². The van der Waals surface area contributed by atoms with Crippen molar-refractivity contribution in [3.05, 3.63) is 29.5 Å². The molecule has 0 fully saturated rings. The van der Waals surface area contributed by atoms with Gasteiger partial charge in [-0.3, -0.25) is 4.79 Å². The SMILES string of the molecule is CC(C)C(=O)NCc1coc(-c2cccs2)n1. The molecule has 0 unspecified atom stereocenters. The average molecular weight is 250 g/mol. The first-order chi connectivity index (χ1) is 8.16. The lowest BCUT2D eigenvalue weighted by Gasteiger charge is -2.04. The number of nitrogens with one attached hydrogen (secondary N) is 1. The van der Waals surface area contributed by atoms with Crippen LogP contribution >= 0.6 is 11.3 Å². The zero-order chi connectivity index (χ0) is 12.3. The Labute approximate surface area is 104 Å². The van der Waals surface area contributed by atoms with Crippen LogP contribution in [-0.4, -0.2) is 10.9 Å². The van der Waals surface area contributed by atoms with Gasteiger partial charge in [0.05, 0.1) is 17.1 Å². The number of amides is 1. The summed E-state index contributed by atoms with van der Waals surface area (Å²) < 4.78 is 5.35. The van der Waals surface area contributed by atoms with Gasteiger partial charge in [0.2, 0.25) is 11.8 Å². The third-order valence-corrected chi connectivity index (χ3v) is 3.11. The van der Waals surface area contributed by atoms with Gasteiger partial charge in [0, 0.05) is 5.92 Å². The quantitative estimate of drug-likeness (QED) is 0.907. The van der Waals surface area contributed by atoms with Crippen LogP contribution in [0.1, 0.15) is 19.5 Å². The van der Waals surface area contributed by atoms with Gasteiger partial charge < -0.3 is 9.73 Å². The molecular formula is C12H14N2O2S. The molecule has 0 aliphatic heterocycles. The Morgan fingerprint density at radius 2 is 2.41 bits per heavy atom. The molecule has 4 nitrogen and oxygen atoms in total. The summed E-state index contributed by atoms with van der Waals surface area (Å²) in [4.78, 5) is 16.7. The Morgan fingerprint density at radius 1 is 1.59 bits per heavy atom. The first-order valence-electron chi connectivity index (χ1n) is 5.43. The highest BCUT2D eigenvalue weighted by Gasteiger charge is 2.10. The first-order valence-corrected chi connectivity index (χ1v) is 6.31. The largest absolute Gasteiger partial charge is 0.443 e.